The third kappa shape index (κ3) is 1.97. The van der Waals surface area contributed by atoms with Crippen LogP contribution in [0.4, 0.5) is 0 Å². The molecule has 4 rings (SSSR count). The maximum Gasteiger partial charge on any atom is 0.0581 e. The summed E-state index contributed by atoms with van der Waals surface area (Å²) in [6.45, 7) is 4.89. The number of aliphatic hydroxyl groups excluding tert-OH is 2. The lowest BCUT2D eigenvalue weighted by Crippen LogP contribution is -2.58. The molecular formula is C19H32O2. The van der Waals surface area contributed by atoms with Crippen molar-refractivity contribution in [3.05, 3.63) is 0 Å². The maximum atomic E-state index is 11.0. The summed E-state index contributed by atoms with van der Waals surface area (Å²) in [7, 11) is 0. The first-order chi connectivity index (χ1) is 9.94. The monoisotopic (exact) mass is 292 g/mol. The number of aliphatic hydroxyl groups is 2. The van der Waals surface area contributed by atoms with E-state index in [2.05, 4.69) is 13.8 Å². The Bertz CT molecular complexity index is 422. The van der Waals surface area contributed by atoms with E-state index in [0.29, 0.717) is 17.3 Å². The van der Waals surface area contributed by atoms with Gasteiger partial charge in [0.25, 0.3) is 0 Å². The molecule has 0 heterocycles. The van der Waals surface area contributed by atoms with Crippen LogP contribution in [0, 0.1) is 34.5 Å². The molecule has 0 radical (unpaired) electrons. The molecule has 4 saturated carbocycles. The fourth-order valence-electron chi connectivity index (χ4n) is 7.37. The topological polar surface area (TPSA) is 40.5 Å². The van der Waals surface area contributed by atoms with Crippen molar-refractivity contribution in [1.29, 1.82) is 0 Å². The SMILES string of the molecule is C[C@@]12CCC[C@H]1[C@@H]1CC[C@H]3C[C@H](O)CC[C@]3(C)[C@H]1[C@@H](O)C2. The van der Waals surface area contributed by atoms with Gasteiger partial charge in [-0.3, -0.25) is 0 Å². The molecule has 2 heteroatoms. The first kappa shape index (κ1) is 14.5. The van der Waals surface area contributed by atoms with Crippen molar-refractivity contribution in [1.82, 2.24) is 0 Å². The van der Waals surface area contributed by atoms with E-state index in [1.807, 2.05) is 0 Å². The lowest BCUT2D eigenvalue weighted by molar-refractivity contribution is -0.171. The van der Waals surface area contributed by atoms with Crippen LogP contribution in [0.5, 0.6) is 0 Å². The van der Waals surface area contributed by atoms with E-state index in [0.717, 1.165) is 37.5 Å². The van der Waals surface area contributed by atoms with Crippen LogP contribution in [0.15, 0.2) is 0 Å². The summed E-state index contributed by atoms with van der Waals surface area (Å²) >= 11 is 0. The second kappa shape index (κ2) is 4.71. The molecular weight excluding hydrogens is 260 g/mol. The quantitative estimate of drug-likeness (QED) is 0.714. The van der Waals surface area contributed by atoms with Crippen LogP contribution in [0.2, 0.25) is 0 Å². The zero-order valence-corrected chi connectivity index (χ0v) is 13.7. The lowest BCUT2D eigenvalue weighted by atomic mass is 9.44. The van der Waals surface area contributed by atoms with Gasteiger partial charge in [-0.15, -0.1) is 0 Å². The molecule has 8 atom stereocenters. The highest BCUT2D eigenvalue weighted by molar-refractivity contribution is 5.10. The molecule has 0 bridgehead atoms. The molecule has 120 valence electrons. The summed E-state index contributed by atoms with van der Waals surface area (Å²) < 4.78 is 0. The first-order valence-electron chi connectivity index (χ1n) is 9.30. The van der Waals surface area contributed by atoms with Crippen molar-refractivity contribution in [3.63, 3.8) is 0 Å². The third-order valence-electron chi connectivity index (χ3n) is 8.34. The van der Waals surface area contributed by atoms with Crippen molar-refractivity contribution in [2.24, 2.45) is 34.5 Å². The molecule has 0 aliphatic heterocycles. The van der Waals surface area contributed by atoms with Crippen molar-refractivity contribution in [2.45, 2.75) is 83.8 Å². The summed E-state index contributed by atoms with van der Waals surface area (Å²) in [6, 6.07) is 0. The van der Waals surface area contributed by atoms with E-state index in [9.17, 15) is 10.2 Å². The lowest BCUT2D eigenvalue weighted by Gasteiger charge is -2.61. The van der Waals surface area contributed by atoms with Crippen LogP contribution in [-0.2, 0) is 0 Å². The maximum absolute atomic E-state index is 11.0. The normalized spacial score (nSPS) is 60.0. The van der Waals surface area contributed by atoms with Gasteiger partial charge < -0.3 is 10.2 Å². The Kier molecular flexibility index (Phi) is 3.25. The zero-order valence-electron chi connectivity index (χ0n) is 13.7. The molecule has 4 aliphatic rings. The Hall–Kier alpha value is -0.0800. The van der Waals surface area contributed by atoms with Gasteiger partial charge in [-0.1, -0.05) is 20.3 Å². The second-order valence-electron chi connectivity index (χ2n) is 9.32. The highest BCUT2D eigenvalue weighted by atomic mass is 16.3. The van der Waals surface area contributed by atoms with Crippen LogP contribution in [-0.4, -0.2) is 22.4 Å². The van der Waals surface area contributed by atoms with E-state index >= 15 is 0 Å². The molecule has 21 heavy (non-hydrogen) atoms. The van der Waals surface area contributed by atoms with Crippen molar-refractivity contribution in [2.75, 3.05) is 0 Å². The number of hydrogen-bond donors (Lipinski definition) is 2. The van der Waals surface area contributed by atoms with Crippen LogP contribution in [0.1, 0.15) is 71.6 Å². The Labute approximate surface area is 129 Å². The van der Waals surface area contributed by atoms with Gasteiger partial charge in [-0.05, 0) is 85.9 Å². The van der Waals surface area contributed by atoms with Crippen LogP contribution >= 0.6 is 0 Å². The fourth-order valence-corrected chi connectivity index (χ4v) is 7.37. The standard InChI is InChI=1S/C19H32O2/c1-18-8-3-4-15(18)14-6-5-12-10-13(20)7-9-19(12,2)17(14)16(21)11-18/h12-17,20-21H,3-11H2,1-2H3/t12-,13+,14-,15-,16-,17+,18-,19-/m0/s1. The molecule has 4 aliphatic carbocycles. The fraction of sp³-hybridized carbons (Fsp3) is 1.00. The van der Waals surface area contributed by atoms with Gasteiger partial charge in [0, 0.05) is 0 Å². The van der Waals surface area contributed by atoms with E-state index in [4.69, 9.17) is 0 Å². The predicted octanol–water partition coefficient (Wildman–Crippen LogP) is 3.75. The Morgan fingerprint density at radius 3 is 2.57 bits per heavy atom. The predicted molar refractivity (Wildman–Crippen MR) is 83.7 cm³/mol. The zero-order chi connectivity index (χ0) is 14.8. The van der Waals surface area contributed by atoms with E-state index in [-0.39, 0.29) is 17.6 Å². The summed E-state index contributed by atoms with van der Waals surface area (Å²) in [6.07, 6.45) is 10.6. The smallest absolute Gasteiger partial charge is 0.0581 e. The van der Waals surface area contributed by atoms with Gasteiger partial charge in [-0.2, -0.15) is 0 Å². The Morgan fingerprint density at radius 2 is 1.76 bits per heavy atom. The van der Waals surface area contributed by atoms with Gasteiger partial charge in [0.2, 0.25) is 0 Å². The molecule has 4 fully saturated rings. The van der Waals surface area contributed by atoms with Gasteiger partial charge in [-0.25, -0.2) is 0 Å². The molecule has 0 amide bonds. The molecule has 0 unspecified atom stereocenters. The molecule has 2 N–H and O–H groups in total. The molecule has 0 aromatic heterocycles. The largest absolute Gasteiger partial charge is 0.393 e. The van der Waals surface area contributed by atoms with Crippen molar-refractivity contribution in [3.8, 4) is 0 Å². The van der Waals surface area contributed by atoms with Crippen molar-refractivity contribution >= 4 is 0 Å². The van der Waals surface area contributed by atoms with Gasteiger partial charge >= 0.3 is 0 Å². The highest BCUT2D eigenvalue weighted by Crippen LogP contribution is 2.66. The summed E-state index contributed by atoms with van der Waals surface area (Å²) in [5.74, 6) is 2.75. The van der Waals surface area contributed by atoms with Crippen LogP contribution < -0.4 is 0 Å². The van der Waals surface area contributed by atoms with Gasteiger partial charge in [0.15, 0.2) is 0 Å². The van der Waals surface area contributed by atoms with Gasteiger partial charge in [0.05, 0.1) is 12.2 Å². The Balaban J connectivity index is 1.67. The molecule has 2 nitrogen and oxygen atoms in total. The van der Waals surface area contributed by atoms with E-state index in [1.165, 1.54) is 32.1 Å². The summed E-state index contributed by atoms with van der Waals surface area (Å²) in [4.78, 5) is 0. The minimum absolute atomic E-state index is 0.0860. The first-order valence-corrected chi connectivity index (χ1v) is 9.30. The number of fused-ring (bicyclic) bond motifs is 5. The van der Waals surface area contributed by atoms with E-state index in [1.54, 1.807) is 0 Å². The molecule has 0 saturated heterocycles. The van der Waals surface area contributed by atoms with Crippen LogP contribution in [0.25, 0.3) is 0 Å². The number of rotatable bonds is 0. The molecule has 0 aromatic rings. The number of hydrogen-bond acceptors (Lipinski definition) is 2. The van der Waals surface area contributed by atoms with E-state index < -0.39 is 0 Å². The highest BCUT2D eigenvalue weighted by Gasteiger charge is 2.60. The summed E-state index contributed by atoms with van der Waals surface area (Å²) in [5, 5.41) is 21.1. The third-order valence-corrected chi connectivity index (χ3v) is 8.34. The Morgan fingerprint density at radius 1 is 0.952 bits per heavy atom. The minimum Gasteiger partial charge on any atom is -0.393 e. The summed E-state index contributed by atoms with van der Waals surface area (Å²) in [5.41, 5.74) is 0.698. The second-order valence-corrected chi connectivity index (χ2v) is 9.32. The minimum atomic E-state index is -0.0996. The van der Waals surface area contributed by atoms with Crippen LogP contribution in [0.3, 0.4) is 0 Å². The average molecular weight is 292 g/mol. The molecule has 0 aromatic carbocycles. The van der Waals surface area contributed by atoms with Gasteiger partial charge in [0.1, 0.15) is 0 Å². The molecule has 0 spiro atoms. The van der Waals surface area contributed by atoms with Crippen molar-refractivity contribution < 1.29 is 10.2 Å². The average Bonchev–Trinajstić information content (AvgIpc) is 2.80.